The number of carbonyl (C=O) groups is 1. The van der Waals surface area contributed by atoms with Gasteiger partial charge in [0.05, 0.1) is 12.4 Å². The summed E-state index contributed by atoms with van der Waals surface area (Å²) in [6.45, 7) is 13.7. The molecule has 1 fully saturated rings. The smallest absolute Gasteiger partial charge is 0.280 e. The zero-order chi connectivity index (χ0) is 24.0. The zero-order valence-electron chi connectivity index (χ0n) is 20.1. The lowest BCUT2D eigenvalue weighted by atomic mass is 10.1. The third-order valence-corrected chi connectivity index (χ3v) is 10.5. The number of carbonyl (C=O) groups excluding carboxylic acids is 1. The monoisotopic (exact) mass is 452 g/mol. The van der Waals surface area contributed by atoms with E-state index in [0.29, 0.717) is 0 Å². The maximum absolute atomic E-state index is 12.5. The maximum Gasteiger partial charge on any atom is 0.280 e. The van der Waals surface area contributed by atoms with Crippen LogP contribution in [0.4, 0.5) is 5.95 Å². The molecule has 0 spiro atoms. The molecule has 3 heterocycles. The van der Waals surface area contributed by atoms with E-state index >= 15 is 0 Å². The Labute approximate surface area is 183 Å². The first-order valence-corrected chi connectivity index (χ1v) is 13.3. The number of aliphatic hydroxyl groups excluding tert-OH is 1. The molecule has 3 N–H and O–H groups in total. The summed E-state index contributed by atoms with van der Waals surface area (Å²) in [5.74, 6) is -0.589. The van der Waals surface area contributed by atoms with Gasteiger partial charge in [-0.25, -0.2) is 4.98 Å². The molecular weight excluding hydrogens is 418 g/mol. The fourth-order valence-corrected chi connectivity index (χ4v) is 4.31. The number of fused-ring (bicyclic) bond motifs is 1. The van der Waals surface area contributed by atoms with Crippen molar-refractivity contribution < 1.29 is 20.4 Å². The second kappa shape index (κ2) is 8.12. The predicted molar refractivity (Wildman–Crippen MR) is 119 cm³/mol. The van der Waals surface area contributed by atoms with E-state index in [4.69, 9.17) is 10.5 Å². The number of aliphatic hydroxyl groups is 1. The first-order valence-electron chi connectivity index (χ1n) is 11.1. The highest BCUT2D eigenvalue weighted by atomic mass is 28.4. The molecule has 1 aliphatic heterocycles. The average Bonchev–Trinajstić information content (AvgIpc) is 3.22. The molecule has 2 aromatic rings. The Morgan fingerprint density at radius 2 is 2.13 bits per heavy atom. The number of hydrogen-bond acceptors (Lipinski definition) is 7. The number of aromatic nitrogens is 4. The van der Waals surface area contributed by atoms with Crippen molar-refractivity contribution in [2.75, 3.05) is 5.32 Å². The number of rotatable bonds is 5. The molecule has 1 amide bonds. The summed E-state index contributed by atoms with van der Waals surface area (Å²) in [5, 5.41) is 13.4. The van der Waals surface area contributed by atoms with E-state index in [-0.39, 0.29) is 40.9 Å². The summed E-state index contributed by atoms with van der Waals surface area (Å²) in [4.78, 5) is 35.7. The van der Waals surface area contributed by atoms with Crippen LogP contribution in [0.15, 0.2) is 11.1 Å². The van der Waals surface area contributed by atoms with E-state index in [0.717, 1.165) is 0 Å². The number of aromatic amines is 1. The number of nitrogens with one attached hydrogen (secondary N) is 2. The molecule has 1 saturated heterocycles. The molecular formula is C20H33N5O5Si. The molecule has 0 aliphatic carbocycles. The van der Waals surface area contributed by atoms with Gasteiger partial charge in [-0.2, -0.15) is 4.98 Å². The normalized spacial score (nSPS) is 25.3. The van der Waals surface area contributed by atoms with Crippen LogP contribution in [0.5, 0.6) is 0 Å². The number of nitrogens with zero attached hydrogens (tertiary/aromatic N) is 3. The van der Waals surface area contributed by atoms with Gasteiger partial charge in [0.2, 0.25) is 11.9 Å². The van der Waals surface area contributed by atoms with Crippen LogP contribution in [0.1, 0.15) is 49.1 Å². The van der Waals surface area contributed by atoms with Gasteiger partial charge in [-0.05, 0) is 25.0 Å². The van der Waals surface area contributed by atoms with Gasteiger partial charge in [0.25, 0.3) is 5.56 Å². The lowest BCUT2D eigenvalue weighted by Crippen LogP contribution is -2.48. The second-order valence-corrected chi connectivity index (χ2v) is 14.5. The maximum atomic E-state index is 12.5. The van der Waals surface area contributed by atoms with Crippen LogP contribution >= 0.6 is 0 Å². The van der Waals surface area contributed by atoms with E-state index in [1.807, 2.05) is 0 Å². The van der Waals surface area contributed by atoms with Gasteiger partial charge >= 0.3 is 0 Å². The Morgan fingerprint density at radius 1 is 1.45 bits per heavy atom. The molecule has 1 aliphatic rings. The van der Waals surface area contributed by atoms with E-state index in [2.05, 4.69) is 54.1 Å². The fraction of sp³-hybridized carbons (Fsp3) is 0.700. The van der Waals surface area contributed by atoms with Crippen molar-refractivity contribution >= 4 is 31.3 Å². The minimum absolute atomic E-state index is 0.000372. The summed E-state index contributed by atoms with van der Waals surface area (Å²) < 4.78 is 21.8. The second-order valence-electron chi connectivity index (χ2n) is 9.78. The lowest BCUT2D eigenvalue weighted by molar-refractivity contribution is -0.118. The zero-order valence-corrected chi connectivity index (χ0v) is 20.1. The number of ether oxygens (including phenoxy) is 1. The summed E-state index contributed by atoms with van der Waals surface area (Å²) in [7, 11) is -2.31. The molecule has 31 heavy (non-hydrogen) atoms. The van der Waals surface area contributed by atoms with Crippen LogP contribution in [0, 0.1) is 5.92 Å². The van der Waals surface area contributed by atoms with Crippen molar-refractivity contribution in [1.29, 1.82) is 0 Å². The Balaban J connectivity index is 2.05. The number of H-pyrrole nitrogens is 1. The molecule has 11 heteroatoms. The quantitative estimate of drug-likeness (QED) is 0.594. The molecule has 10 nitrogen and oxygen atoms in total. The van der Waals surface area contributed by atoms with Crippen molar-refractivity contribution in [2.45, 2.75) is 84.2 Å². The fourth-order valence-electron chi connectivity index (χ4n) is 3.02. The van der Waals surface area contributed by atoms with Crippen molar-refractivity contribution in [3.63, 3.8) is 0 Å². The van der Waals surface area contributed by atoms with Gasteiger partial charge in [-0.1, -0.05) is 34.6 Å². The molecule has 4 unspecified atom stereocenters. The van der Waals surface area contributed by atoms with Crippen LogP contribution in [0.25, 0.3) is 11.2 Å². The first kappa shape index (κ1) is 22.1. The minimum Gasteiger partial charge on any atom is -0.407 e. The Hall–Kier alpha value is -2.08. The van der Waals surface area contributed by atoms with E-state index in [9.17, 15) is 14.7 Å². The minimum atomic E-state index is -2.31. The third kappa shape index (κ3) is 4.45. The van der Waals surface area contributed by atoms with Gasteiger partial charge in [0, 0.05) is 7.29 Å². The highest BCUT2D eigenvalue weighted by Gasteiger charge is 2.49. The molecule has 2 aromatic heterocycles. The number of anilines is 1. The van der Waals surface area contributed by atoms with Crippen LogP contribution in [0.2, 0.25) is 18.1 Å². The first-order chi connectivity index (χ1) is 14.8. The van der Waals surface area contributed by atoms with Gasteiger partial charge in [0.1, 0.15) is 12.2 Å². The van der Waals surface area contributed by atoms with Crippen LogP contribution in [-0.4, -0.2) is 57.2 Å². The standard InChI is InChI=1S/C20H33N5O5Si/c1-10(2)16(27)23-19-22-15-12(17(28)24-19)21-9-25(15)18-14(13(26)11(3)29-18)30-31(7,8)20(4,5)6/h9-11,13-14,18,26H,1-8H3,(H2,22,23,24,27,28)/i3D. The Kier molecular flexibility index (Phi) is 5.79. The number of imidazole rings is 1. The summed E-state index contributed by atoms with van der Waals surface area (Å²) in [5.41, 5.74) is -0.240. The molecule has 3 rings (SSSR count). The lowest BCUT2D eigenvalue weighted by Gasteiger charge is -2.40. The summed E-state index contributed by atoms with van der Waals surface area (Å²) in [6, 6.07) is 0. The Bertz CT molecular complexity index is 1050. The summed E-state index contributed by atoms with van der Waals surface area (Å²) >= 11 is 0. The van der Waals surface area contributed by atoms with Crippen LogP contribution in [0.3, 0.4) is 0 Å². The third-order valence-electron chi connectivity index (χ3n) is 6.02. The number of amides is 1. The predicted octanol–water partition coefficient (Wildman–Crippen LogP) is 2.38. The van der Waals surface area contributed by atoms with Gasteiger partial charge in [-0.3, -0.25) is 24.5 Å². The SMILES string of the molecule is [2H]CC1OC(n2cnc3c(=O)[nH]c(NC(=O)C(C)C)nc32)C(O[Si](C)(C)C(C)(C)C)C1O. The van der Waals surface area contributed by atoms with Gasteiger partial charge in [0.15, 0.2) is 25.7 Å². The summed E-state index contributed by atoms with van der Waals surface area (Å²) in [6.07, 6.45) is -1.96. The van der Waals surface area contributed by atoms with Gasteiger partial charge in [-0.15, -0.1) is 0 Å². The van der Waals surface area contributed by atoms with Crippen molar-refractivity contribution in [3.05, 3.63) is 16.7 Å². The molecule has 0 radical (unpaired) electrons. The molecule has 0 aromatic carbocycles. The molecule has 0 saturated carbocycles. The van der Waals surface area contributed by atoms with E-state index in [1.54, 1.807) is 13.8 Å². The van der Waals surface area contributed by atoms with E-state index < -0.39 is 38.4 Å². The van der Waals surface area contributed by atoms with E-state index in [1.165, 1.54) is 10.9 Å². The molecule has 0 bridgehead atoms. The highest BCUT2D eigenvalue weighted by Crippen LogP contribution is 2.42. The van der Waals surface area contributed by atoms with Crippen LogP contribution in [-0.2, 0) is 14.0 Å². The molecule has 4 atom stereocenters. The van der Waals surface area contributed by atoms with Crippen LogP contribution < -0.4 is 10.9 Å². The molecule has 172 valence electrons. The largest absolute Gasteiger partial charge is 0.407 e. The van der Waals surface area contributed by atoms with Crippen molar-refractivity contribution in [2.24, 2.45) is 5.92 Å². The topological polar surface area (TPSA) is 131 Å². The van der Waals surface area contributed by atoms with Gasteiger partial charge < -0.3 is 14.3 Å². The average molecular weight is 453 g/mol. The van der Waals surface area contributed by atoms with Crippen molar-refractivity contribution in [1.82, 2.24) is 19.5 Å². The van der Waals surface area contributed by atoms with Crippen molar-refractivity contribution in [3.8, 4) is 0 Å². The Morgan fingerprint density at radius 3 is 2.71 bits per heavy atom. The number of hydrogen-bond donors (Lipinski definition) is 3. The highest BCUT2D eigenvalue weighted by molar-refractivity contribution is 6.74.